The number of ether oxygens (including phenoxy) is 1. The van der Waals surface area contributed by atoms with Gasteiger partial charge in [0, 0.05) is 0 Å². The summed E-state index contributed by atoms with van der Waals surface area (Å²) in [7, 11) is -0.205. The zero-order chi connectivity index (χ0) is 16.2. The Labute approximate surface area is 123 Å². The summed E-state index contributed by atoms with van der Waals surface area (Å²) in [5, 5.41) is 5.46. The van der Waals surface area contributed by atoms with Gasteiger partial charge in [0.05, 0.1) is 25.3 Å². The van der Waals surface area contributed by atoms with Gasteiger partial charge in [-0.25, -0.2) is 14.9 Å². The molecule has 118 valence electrons. The zero-order valence-corrected chi connectivity index (χ0v) is 13.9. The first kappa shape index (κ1) is 21.2. The molecule has 0 amide bonds. The van der Waals surface area contributed by atoms with Crippen LogP contribution in [0.2, 0.25) is 0 Å². The summed E-state index contributed by atoms with van der Waals surface area (Å²) in [5.41, 5.74) is 0.146. The van der Waals surface area contributed by atoms with Gasteiger partial charge in [-0.15, -0.1) is 10.8 Å². The number of nitrogens with two attached hydrogens (primary N) is 1. The molecule has 7 heteroatoms. The summed E-state index contributed by atoms with van der Waals surface area (Å²) in [6.45, 7) is 8.25. The van der Waals surface area contributed by atoms with Crippen molar-refractivity contribution in [1.29, 1.82) is 0 Å². The highest BCUT2D eigenvalue weighted by atomic mass is 32.3. The largest absolute Gasteiger partial charge is 0.464 e. The summed E-state index contributed by atoms with van der Waals surface area (Å²) >= 11 is 0. The van der Waals surface area contributed by atoms with Gasteiger partial charge in [-0.2, -0.15) is 0 Å². The number of rotatable bonds is 3. The maximum Gasteiger partial charge on any atom is 0.356 e. The zero-order valence-electron chi connectivity index (χ0n) is 13.0. The Morgan fingerprint density at radius 3 is 2.15 bits per heavy atom. The van der Waals surface area contributed by atoms with Crippen molar-refractivity contribution in [2.45, 2.75) is 39.0 Å². The van der Waals surface area contributed by atoms with Crippen LogP contribution >= 0.6 is 10.8 Å². The van der Waals surface area contributed by atoms with Crippen LogP contribution in [0.4, 0.5) is 0 Å². The van der Waals surface area contributed by atoms with E-state index in [1.807, 2.05) is 13.8 Å². The topological polar surface area (TPSA) is 94.7 Å². The Kier molecular flexibility index (Phi) is 12.3. The lowest BCUT2D eigenvalue weighted by molar-refractivity contribution is 0.0594. The number of nitrogens with zero attached hydrogens (tertiary/aromatic N) is 1. The predicted octanol–water partition coefficient (Wildman–Crippen LogP) is 3.38. The highest BCUT2D eigenvalue weighted by Crippen LogP contribution is 2.43. The molecule has 0 bridgehead atoms. The molecule has 0 aliphatic rings. The first-order chi connectivity index (χ1) is 9.42. The van der Waals surface area contributed by atoms with Crippen LogP contribution in [0.25, 0.3) is 0 Å². The predicted molar refractivity (Wildman–Crippen MR) is 82.6 cm³/mol. The van der Waals surface area contributed by atoms with Crippen LogP contribution in [-0.2, 0) is 8.92 Å². The highest BCUT2D eigenvalue weighted by molar-refractivity contribution is 8.23. The number of hydrogen-bond donors (Lipinski definition) is 2. The van der Waals surface area contributed by atoms with E-state index in [4.69, 9.17) is 9.32 Å². The van der Waals surface area contributed by atoms with Crippen molar-refractivity contribution in [2.75, 3.05) is 14.2 Å². The van der Waals surface area contributed by atoms with Crippen molar-refractivity contribution in [3.05, 3.63) is 24.0 Å². The highest BCUT2D eigenvalue weighted by Gasteiger charge is 2.14. The standard InChI is InChI=1S/C8H12N2O4S.C3H8.C2H6/c1-13-8(11)7-4-3-6(5-10-7)15(9,12)14-2;1-3-2;1-2/h3-5,12H,9H2,1-2H3;3H2,1-2H3;1-2H3. The van der Waals surface area contributed by atoms with Crippen molar-refractivity contribution in [3.63, 3.8) is 0 Å². The molecule has 1 unspecified atom stereocenters. The molecule has 1 aromatic heterocycles. The van der Waals surface area contributed by atoms with E-state index in [9.17, 15) is 9.35 Å². The second-order valence-corrected chi connectivity index (χ2v) is 5.26. The number of methoxy groups -OCH3 is 1. The number of pyridine rings is 1. The summed E-state index contributed by atoms with van der Waals surface area (Å²) in [4.78, 5) is 15.2. The fraction of sp³-hybridized carbons (Fsp3) is 0.538. The molecule has 3 N–H and O–H groups in total. The Morgan fingerprint density at radius 1 is 1.35 bits per heavy atom. The third-order valence-corrected chi connectivity index (χ3v) is 3.15. The smallest absolute Gasteiger partial charge is 0.356 e. The lowest BCUT2D eigenvalue weighted by atomic mass is 10.3. The third-order valence-electron chi connectivity index (χ3n) is 1.72. The molecular formula is C13H26N2O4S. The minimum atomic E-state index is -2.76. The normalized spacial score (nSPS) is 13.6. The first-order valence-electron chi connectivity index (χ1n) is 6.36. The SMILES string of the molecule is CC.CCC.COC(=O)c1ccc(S(N)(O)OC)cn1. The van der Waals surface area contributed by atoms with Crippen LogP contribution in [0.15, 0.2) is 23.2 Å². The van der Waals surface area contributed by atoms with Gasteiger partial charge >= 0.3 is 5.97 Å². The molecule has 0 fully saturated rings. The average Bonchev–Trinajstić information content (AvgIpc) is 2.49. The second kappa shape index (κ2) is 11.7. The lowest BCUT2D eigenvalue weighted by Crippen LogP contribution is -2.13. The van der Waals surface area contributed by atoms with Crippen molar-refractivity contribution in [1.82, 2.24) is 4.98 Å². The Hall–Kier alpha value is -1.15. The molecule has 0 aliphatic carbocycles. The van der Waals surface area contributed by atoms with E-state index in [0.717, 1.165) is 0 Å². The molecule has 6 nitrogen and oxygen atoms in total. The first-order valence-corrected chi connectivity index (χ1v) is 7.94. The number of hydrogen-bond acceptors (Lipinski definition) is 6. The van der Waals surface area contributed by atoms with Crippen molar-refractivity contribution >= 4 is 16.7 Å². The van der Waals surface area contributed by atoms with E-state index in [2.05, 4.69) is 23.6 Å². The van der Waals surface area contributed by atoms with Gasteiger partial charge in [0.15, 0.2) is 0 Å². The van der Waals surface area contributed by atoms with Crippen LogP contribution in [0.3, 0.4) is 0 Å². The summed E-state index contributed by atoms with van der Waals surface area (Å²) in [6, 6.07) is 2.88. The van der Waals surface area contributed by atoms with Crippen LogP contribution in [0, 0.1) is 0 Å². The molecule has 0 saturated carbocycles. The number of aromatic nitrogens is 1. The second-order valence-electron chi connectivity index (χ2n) is 3.31. The van der Waals surface area contributed by atoms with E-state index < -0.39 is 16.7 Å². The summed E-state index contributed by atoms with van der Waals surface area (Å²) in [5.74, 6) is -0.547. The minimum Gasteiger partial charge on any atom is -0.464 e. The van der Waals surface area contributed by atoms with Crippen molar-refractivity contribution < 1.29 is 18.3 Å². The monoisotopic (exact) mass is 306 g/mol. The molecule has 1 atom stereocenters. The van der Waals surface area contributed by atoms with E-state index in [-0.39, 0.29) is 5.69 Å². The van der Waals surface area contributed by atoms with Gasteiger partial charge in [-0.05, 0) is 12.1 Å². The molecule has 1 aromatic rings. The van der Waals surface area contributed by atoms with E-state index in [1.54, 1.807) is 0 Å². The van der Waals surface area contributed by atoms with Gasteiger partial charge in [0.25, 0.3) is 0 Å². The van der Waals surface area contributed by atoms with Gasteiger partial charge in [-0.3, -0.25) is 8.74 Å². The quantitative estimate of drug-likeness (QED) is 0.831. The third kappa shape index (κ3) is 7.44. The van der Waals surface area contributed by atoms with Gasteiger partial charge in [0.1, 0.15) is 5.69 Å². The number of carbonyl (C=O) groups is 1. The van der Waals surface area contributed by atoms with Crippen LogP contribution in [0.1, 0.15) is 44.6 Å². The lowest BCUT2D eigenvalue weighted by Gasteiger charge is -2.30. The molecule has 1 heterocycles. The maximum absolute atomic E-state index is 11.0. The van der Waals surface area contributed by atoms with Crippen LogP contribution in [0.5, 0.6) is 0 Å². The molecule has 0 radical (unpaired) electrons. The molecule has 0 saturated heterocycles. The summed E-state index contributed by atoms with van der Waals surface area (Å²) in [6.07, 6.45) is 2.53. The Morgan fingerprint density at radius 2 is 1.85 bits per heavy atom. The van der Waals surface area contributed by atoms with Gasteiger partial charge in [0.2, 0.25) is 0 Å². The fourth-order valence-electron chi connectivity index (χ4n) is 0.875. The molecular weight excluding hydrogens is 280 g/mol. The van der Waals surface area contributed by atoms with Crippen LogP contribution in [-0.4, -0.2) is 29.7 Å². The minimum absolute atomic E-state index is 0.146. The van der Waals surface area contributed by atoms with Crippen LogP contribution < -0.4 is 5.14 Å². The fourth-order valence-corrected chi connectivity index (χ4v) is 1.53. The van der Waals surface area contributed by atoms with Gasteiger partial charge in [-0.1, -0.05) is 34.1 Å². The molecule has 0 aliphatic heterocycles. The van der Waals surface area contributed by atoms with E-state index >= 15 is 0 Å². The van der Waals surface area contributed by atoms with E-state index in [1.165, 1.54) is 39.0 Å². The number of carbonyl (C=O) groups excluding carboxylic acids is 1. The Balaban J connectivity index is 0. The van der Waals surface area contributed by atoms with Crippen molar-refractivity contribution in [2.24, 2.45) is 5.14 Å². The van der Waals surface area contributed by atoms with Gasteiger partial charge < -0.3 is 4.74 Å². The molecule has 20 heavy (non-hydrogen) atoms. The number of esters is 1. The molecule has 0 spiro atoms. The average molecular weight is 306 g/mol. The summed E-state index contributed by atoms with van der Waals surface area (Å²) < 4.78 is 18.7. The molecule has 1 rings (SSSR count). The van der Waals surface area contributed by atoms with Crippen molar-refractivity contribution in [3.8, 4) is 0 Å². The van der Waals surface area contributed by atoms with E-state index in [0.29, 0.717) is 4.90 Å². The molecule has 0 aromatic carbocycles. The Bertz CT molecular complexity index is 369. The maximum atomic E-state index is 11.0.